The first-order valence-corrected chi connectivity index (χ1v) is 9.28. The van der Waals surface area contributed by atoms with Gasteiger partial charge < -0.3 is 9.30 Å². The lowest BCUT2D eigenvalue weighted by atomic mass is 9.99. The molecule has 0 aliphatic carbocycles. The minimum atomic E-state index is -0.692. The number of benzene rings is 1. The van der Waals surface area contributed by atoms with Gasteiger partial charge in [-0.05, 0) is 29.5 Å². The summed E-state index contributed by atoms with van der Waals surface area (Å²) in [6.07, 6.45) is 0.753. The molecule has 1 aromatic rings. The van der Waals surface area contributed by atoms with E-state index in [1.54, 1.807) is 6.07 Å². The quantitative estimate of drug-likeness (QED) is 0.534. The number of H-pyrrole nitrogens is 1. The second kappa shape index (κ2) is 7.40. The lowest BCUT2D eigenvalue weighted by Crippen LogP contribution is -2.29. The number of nitrogens with one attached hydrogen (secondary N) is 1. The van der Waals surface area contributed by atoms with Gasteiger partial charge >= 0.3 is 5.69 Å². The summed E-state index contributed by atoms with van der Waals surface area (Å²) < 4.78 is 7.59. The van der Waals surface area contributed by atoms with Crippen molar-refractivity contribution < 1.29 is 4.74 Å². The summed E-state index contributed by atoms with van der Waals surface area (Å²) in [6.45, 7) is 9.75. The van der Waals surface area contributed by atoms with Gasteiger partial charge in [0.05, 0.1) is 24.2 Å². The molecule has 144 valence electrons. The Kier molecular flexibility index (Phi) is 5.35. The third-order valence-corrected chi connectivity index (χ3v) is 4.50. The zero-order valence-electron chi connectivity index (χ0n) is 15.9. The van der Waals surface area contributed by atoms with E-state index in [0.717, 1.165) is 17.5 Å². The van der Waals surface area contributed by atoms with Crippen LogP contribution in [0.15, 0.2) is 21.7 Å². The Hall–Kier alpha value is -2.25. The highest BCUT2D eigenvalue weighted by Crippen LogP contribution is 2.27. The van der Waals surface area contributed by atoms with Gasteiger partial charge in [0, 0.05) is 11.6 Å². The molecule has 2 aliphatic rings. The molecule has 0 aromatic heterocycles. The van der Waals surface area contributed by atoms with E-state index in [-0.39, 0.29) is 16.9 Å². The predicted octanol–water partition coefficient (Wildman–Crippen LogP) is 2.86. The second-order valence-electron chi connectivity index (χ2n) is 7.71. The van der Waals surface area contributed by atoms with Crippen LogP contribution < -0.4 is 11.2 Å². The van der Waals surface area contributed by atoms with Crippen LogP contribution in [0.1, 0.15) is 33.3 Å². The topological polar surface area (TPSA) is 89.9 Å². The Morgan fingerprint density at radius 3 is 2.63 bits per heavy atom. The average molecular weight is 391 g/mol. The average Bonchev–Trinajstić information content (AvgIpc) is 2.57. The first-order chi connectivity index (χ1) is 12.7. The molecule has 2 aliphatic heterocycles. The van der Waals surface area contributed by atoms with Gasteiger partial charge in [-0.25, -0.2) is 9.78 Å². The largest absolute Gasteiger partial charge is 0.379 e. The third-order valence-electron chi connectivity index (χ3n) is 4.15. The number of aryl methyl sites for hydroxylation is 1. The second-order valence-corrected chi connectivity index (χ2v) is 8.11. The molecule has 0 unspecified atom stereocenters. The van der Waals surface area contributed by atoms with E-state index in [0.29, 0.717) is 30.3 Å². The Balaban J connectivity index is 2.16. The Morgan fingerprint density at radius 2 is 1.96 bits per heavy atom. The molecule has 0 atom stereocenters. The van der Waals surface area contributed by atoms with E-state index in [1.807, 2.05) is 17.6 Å². The van der Waals surface area contributed by atoms with Crippen molar-refractivity contribution in [1.82, 2.24) is 19.5 Å². The van der Waals surface area contributed by atoms with Crippen molar-refractivity contribution in [1.29, 1.82) is 0 Å². The molecule has 0 saturated heterocycles. The monoisotopic (exact) mass is 390 g/mol. The molecule has 0 fully saturated rings. The van der Waals surface area contributed by atoms with Crippen molar-refractivity contribution in [2.24, 2.45) is 5.41 Å². The molecular formula is C19H23ClN4O3. The predicted molar refractivity (Wildman–Crippen MR) is 106 cm³/mol. The van der Waals surface area contributed by atoms with Crippen LogP contribution in [-0.4, -0.2) is 32.7 Å². The van der Waals surface area contributed by atoms with Crippen LogP contribution in [-0.2, 0) is 17.7 Å². The molecular weight excluding hydrogens is 368 g/mol. The summed E-state index contributed by atoms with van der Waals surface area (Å²) >= 11 is 6.32. The summed E-state index contributed by atoms with van der Waals surface area (Å²) in [5.41, 5.74) is 1.20. The van der Waals surface area contributed by atoms with Gasteiger partial charge in [-0.1, -0.05) is 39.3 Å². The zero-order chi connectivity index (χ0) is 19.8. The summed E-state index contributed by atoms with van der Waals surface area (Å²) in [6, 6.07) is 3.67. The first kappa shape index (κ1) is 19.5. The maximum absolute atomic E-state index is 12.2. The first-order valence-electron chi connectivity index (χ1n) is 8.90. The van der Waals surface area contributed by atoms with Gasteiger partial charge in [0.1, 0.15) is 0 Å². The number of halogens is 1. The maximum Gasteiger partial charge on any atom is 0.349 e. The lowest BCUT2D eigenvalue weighted by Gasteiger charge is -2.20. The standard InChI is InChI=1S/C19H23ClN4O3/c1-5-11-8-14-13(9-12(11)20)21-15-16(22-18(26)23-17(15)25)24(14)6-7-27-10-19(2,3)4/h8-9H,5-7,10H2,1-4H3,(H,23,25,26). The highest BCUT2D eigenvalue weighted by molar-refractivity contribution is 6.32. The molecule has 7 nitrogen and oxygen atoms in total. The fraction of sp³-hybridized carbons (Fsp3) is 0.474. The summed E-state index contributed by atoms with van der Waals surface area (Å²) in [4.78, 5) is 34.6. The van der Waals surface area contributed by atoms with Crippen LogP contribution in [0.3, 0.4) is 0 Å². The number of aromatic nitrogens is 4. The van der Waals surface area contributed by atoms with Crippen LogP contribution in [0.4, 0.5) is 0 Å². The van der Waals surface area contributed by atoms with Crippen molar-refractivity contribution in [3.05, 3.63) is 43.6 Å². The van der Waals surface area contributed by atoms with Crippen LogP contribution in [0.5, 0.6) is 0 Å². The number of ether oxygens (including phenoxy) is 1. The molecule has 0 amide bonds. The Bertz CT molecular complexity index is 1070. The van der Waals surface area contributed by atoms with Gasteiger partial charge in [0.25, 0.3) is 5.56 Å². The molecule has 8 heteroatoms. The van der Waals surface area contributed by atoms with Crippen LogP contribution in [0, 0.1) is 5.41 Å². The number of rotatable bonds is 5. The fourth-order valence-corrected chi connectivity index (χ4v) is 3.18. The lowest BCUT2D eigenvalue weighted by molar-refractivity contribution is 0.0666. The van der Waals surface area contributed by atoms with Crippen molar-refractivity contribution in [2.75, 3.05) is 13.2 Å². The minimum Gasteiger partial charge on any atom is -0.379 e. The Labute approximate surface area is 161 Å². The van der Waals surface area contributed by atoms with E-state index in [2.05, 4.69) is 35.7 Å². The van der Waals surface area contributed by atoms with Crippen LogP contribution >= 0.6 is 11.6 Å². The molecule has 1 aromatic carbocycles. The Morgan fingerprint density at radius 1 is 1.22 bits per heavy atom. The minimum absolute atomic E-state index is 0.0491. The highest BCUT2D eigenvalue weighted by atomic mass is 35.5. The van der Waals surface area contributed by atoms with Gasteiger partial charge in [-0.3, -0.25) is 9.78 Å². The molecule has 3 rings (SSSR count). The van der Waals surface area contributed by atoms with Gasteiger partial charge in [-0.2, -0.15) is 4.98 Å². The number of hydrogen-bond acceptors (Lipinski definition) is 5. The molecule has 0 bridgehead atoms. The van der Waals surface area contributed by atoms with Gasteiger partial charge in [0.2, 0.25) is 0 Å². The molecule has 0 spiro atoms. The van der Waals surface area contributed by atoms with E-state index in [1.165, 1.54) is 0 Å². The summed E-state index contributed by atoms with van der Waals surface area (Å²) in [5, 5.41) is 0.595. The van der Waals surface area contributed by atoms with Crippen molar-refractivity contribution in [3.8, 4) is 11.5 Å². The van der Waals surface area contributed by atoms with Crippen molar-refractivity contribution >= 4 is 22.6 Å². The van der Waals surface area contributed by atoms with E-state index in [9.17, 15) is 9.59 Å². The normalized spacial score (nSPS) is 12.2. The van der Waals surface area contributed by atoms with Crippen LogP contribution in [0.2, 0.25) is 5.02 Å². The summed E-state index contributed by atoms with van der Waals surface area (Å²) in [7, 11) is 0. The fourth-order valence-electron chi connectivity index (χ4n) is 2.89. The smallest absolute Gasteiger partial charge is 0.349 e. The van der Waals surface area contributed by atoms with Gasteiger partial charge in [-0.15, -0.1) is 0 Å². The highest BCUT2D eigenvalue weighted by Gasteiger charge is 2.20. The zero-order valence-corrected chi connectivity index (χ0v) is 16.7. The number of hydrogen-bond donors (Lipinski definition) is 1. The van der Waals surface area contributed by atoms with E-state index < -0.39 is 11.2 Å². The molecule has 27 heavy (non-hydrogen) atoms. The SMILES string of the molecule is CCc1cc2c(cc1Cl)nc1c(=O)[nH]c(=O)nc-1n2CCOCC(C)(C)C. The number of fused-ring (bicyclic) bond motifs is 2. The molecule has 0 saturated carbocycles. The molecule has 1 N–H and O–H groups in total. The van der Waals surface area contributed by atoms with Gasteiger partial charge in [0.15, 0.2) is 11.5 Å². The molecule has 2 heterocycles. The van der Waals surface area contributed by atoms with Crippen LogP contribution in [0.25, 0.3) is 22.6 Å². The number of aromatic amines is 1. The van der Waals surface area contributed by atoms with Crippen molar-refractivity contribution in [3.63, 3.8) is 0 Å². The summed E-state index contributed by atoms with van der Waals surface area (Å²) in [5.74, 6) is 0.250. The van der Waals surface area contributed by atoms with Crippen molar-refractivity contribution in [2.45, 2.75) is 40.7 Å². The van der Waals surface area contributed by atoms with E-state index >= 15 is 0 Å². The number of nitrogens with zero attached hydrogens (tertiary/aromatic N) is 3. The van der Waals surface area contributed by atoms with E-state index in [4.69, 9.17) is 16.3 Å². The molecule has 0 radical (unpaired) electrons. The third kappa shape index (κ3) is 4.20. The maximum atomic E-state index is 12.2.